The normalized spacial score (nSPS) is 45.1. The quantitative estimate of drug-likeness (QED) is 0.679. The molecule has 3 fully saturated rings. The lowest BCUT2D eigenvalue weighted by atomic mass is 9.43. The number of aliphatic hydroxyl groups is 1. The number of aliphatic hydroxyl groups excluding tert-OH is 1. The van der Waals surface area contributed by atoms with Crippen molar-refractivity contribution in [2.75, 3.05) is 7.11 Å². The van der Waals surface area contributed by atoms with Crippen LogP contribution >= 0.6 is 0 Å². The second kappa shape index (κ2) is 7.47. The number of carboxylic acid groups (broad SMARTS) is 1. The molecule has 0 bridgehead atoms. The Hall–Kier alpha value is -1.69. The summed E-state index contributed by atoms with van der Waals surface area (Å²) in [6.07, 6.45) is 6.17. The molecule has 0 aromatic heterocycles. The van der Waals surface area contributed by atoms with Crippen molar-refractivity contribution in [2.24, 2.45) is 40.4 Å². The zero-order chi connectivity index (χ0) is 21.8. The van der Waals surface area contributed by atoms with E-state index in [9.17, 15) is 24.6 Å². The van der Waals surface area contributed by atoms with Gasteiger partial charge in [0.1, 0.15) is 0 Å². The molecule has 6 nitrogen and oxygen atoms in total. The molecular weight excluding hydrogens is 384 g/mol. The standard InChI is InChI=1S/C24H34O6/c1-23-9-8-15(25)10-14(23)11-16(22(29)30-3)20-17-6-4-13(5-7-19(27)28)24(17,2)12-18(26)21(20)23/h10,13,16-18,20-21,26H,4-9,11-12H2,1-3H3,(H,27,28)/t13-,16+,17?,18+,20?,21?,23-,24+/m0/s1. The summed E-state index contributed by atoms with van der Waals surface area (Å²) in [5, 5.41) is 20.7. The molecule has 3 saturated carbocycles. The third-order valence-corrected chi connectivity index (χ3v) is 9.36. The van der Waals surface area contributed by atoms with Crippen molar-refractivity contribution < 1.29 is 29.3 Å². The van der Waals surface area contributed by atoms with Gasteiger partial charge in [-0.05, 0) is 79.1 Å². The molecule has 0 aromatic carbocycles. The molecule has 0 saturated heterocycles. The highest BCUT2D eigenvalue weighted by Crippen LogP contribution is 2.68. The molecular formula is C24H34O6. The molecule has 8 atom stereocenters. The van der Waals surface area contributed by atoms with Gasteiger partial charge in [-0.3, -0.25) is 14.4 Å². The second-order valence-corrected chi connectivity index (χ2v) is 10.6. The van der Waals surface area contributed by atoms with Crippen molar-refractivity contribution in [3.63, 3.8) is 0 Å². The smallest absolute Gasteiger partial charge is 0.309 e. The molecule has 30 heavy (non-hydrogen) atoms. The first-order valence-corrected chi connectivity index (χ1v) is 11.3. The van der Waals surface area contributed by atoms with Gasteiger partial charge in [-0.2, -0.15) is 0 Å². The maximum Gasteiger partial charge on any atom is 0.309 e. The van der Waals surface area contributed by atoms with Crippen LogP contribution < -0.4 is 0 Å². The lowest BCUT2D eigenvalue weighted by Crippen LogP contribution is -2.60. The fourth-order valence-corrected chi connectivity index (χ4v) is 7.94. The number of carbonyl (C=O) groups is 3. The first-order valence-electron chi connectivity index (χ1n) is 11.3. The Bertz CT molecular complexity index is 787. The molecule has 4 rings (SSSR count). The SMILES string of the molecule is COC(=O)[C@@H]1CC2=CC(=O)CC[C@]2(C)C2C1C1CC[C@@H](CCC(=O)O)[C@@]1(C)C[C@H]2O. The summed E-state index contributed by atoms with van der Waals surface area (Å²) in [6, 6.07) is 0. The zero-order valence-corrected chi connectivity index (χ0v) is 18.2. The topological polar surface area (TPSA) is 101 Å². The number of rotatable bonds is 4. The molecule has 4 aliphatic carbocycles. The van der Waals surface area contributed by atoms with Gasteiger partial charge in [0.25, 0.3) is 0 Å². The van der Waals surface area contributed by atoms with Gasteiger partial charge < -0.3 is 14.9 Å². The molecule has 0 radical (unpaired) electrons. The number of esters is 1. The van der Waals surface area contributed by atoms with E-state index in [0.717, 1.165) is 24.8 Å². The average molecular weight is 419 g/mol. The average Bonchev–Trinajstić information content (AvgIpc) is 3.01. The fourth-order valence-electron chi connectivity index (χ4n) is 7.94. The third-order valence-electron chi connectivity index (χ3n) is 9.36. The van der Waals surface area contributed by atoms with Gasteiger partial charge in [-0.15, -0.1) is 0 Å². The van der Waals surface area contributed by atoms with E-state index >= 15 is 0 Å². The number of allylic oxidation sites excluding steroid dienone is 1. The van der Waals surface area contributed by atoms with Crippen LogP contribution in [0.2, 0.25) is 0 Å². The van der Waals surface area contributed by atoms with Gasteiger partial charge in [0.05, 0.1) is 19.1 Å². The van der Waals surface area contributed by atoms with Crippen LogP contribution in [0.25, 0.3) is 0 Å². The summed E-state index contributed by atoms with van der Waals surface area (Å²) in [4.78, 5) is 36.2. The molecule has 4 aliphatic rings. The van der Waals surface area contributed by atoms with E-state index < -0.39 is 12.1 Å². The number of aliphatic carboxylic acids is 1. The molecule has 2 N–H and O–H groups in total. The van der Waals surface area contributed by atoms with Gasteiger partial charge in [0, 0.05) is 12.8 Å². The van der Waals surface area contributed by atoms with E-state index in [4.69, 9.17) is 4.74 Å². The largest absolute Gasteiger partial charge is 0.481 e. The lowest BCUT2D eigenvalue weighted by molar-refractivity contribution is -0.173. The summed E-state index contributed by atoms with van der Waals surface area (Å²) in [7, 11) is 1.41. The lowest BCUT2D eigenvalue weighted by Gasteiger charge is -2.61. The Morgan fingerprint density at radius 3 is 2.67 bits per heavy atom. The van der Waals surface area contributed by atoms with Crippen molar-refractivity contribution >= 4 is 17.7 Å². The van der Waals surface area contributed by atoms with E-state index in [2.05, 4.69) is 13.8 Å². The van der Waals surface area contributed by atoms with Crippen LogP contribution in [0.15, 0.2) is 11.6 Å². The highest BCUT2D eigenvalue weighted by atomic mass is 16.5. The van der Waals surface area contributed by atoms with Crippen LogP contribution in [-0.4, -0.2) is 41.1 Å². The maximum absolute atomic E-state index is 12.9. The van der Waals surface area contributed by atoms with Gasteiger partial charge in [-0.25, -0.2) is 0 Å². The summed E-state index contributed by atoms with van der Waals surface area (Å²) < 4.78 is 5.19. The first kappa shape index (κ1) is 21.5. The Morgan fingerprint density at radius 1 is 1.27 bits per heavy atom. The van der Waals surface area contributed by atoms with Crippen LogP contribution in [0.5, 0.6) is 0 Å². The molecule has 6 heteroatoms. The van der Waals surface area contributed by atoms with E-state index in [1.165, 1.54) is 7.11 Å². The van der Waals surface area contributed by atoms with Crippen molar-refractivity contribution in [1.82, 2.24) is 0 Å². The summed E-state index contributed by atoms with van der Waals surface area (Å²) in [6.45, 7) is 4.36. The number of hydrogen-bond donors (Lipinski definition) is 2. The Labute approximate surface area is 178 Å². The van der Waals surface area contributed by atoms with E-state index in [0.29, 0.717) is 25.7 Å². The van der Waals surface area contributed by atoms with Crippen molar-refractivity contribution in [3.8, 4) is 0 Å². The van der Waals surface area contributed by atoms with E-state index in [-0.39, 0.29) is 58.6 Å². The van der Waals surface area contributed by atoms with Crippen molar-refractivity contribution in [2.45, 2.75) is 71.3 Å². The molecule has 0 amide bonds. The minimum atomic E-state index is -0.782. The van der Waals surface area contributed by atoms with Crippen LogP contribution in [-0.2, 0) is 19.1 Å². The van der Waals surface area contributed by atoms with Gasteiger partial charge >= 0.3 is 11.9 Å². The number of carbonyl (C=O) groups excluding carboxylic acids is 2. The highest BCUT2D eigenvalue weighted by Gasteiger charge is 2.65. The number of carboxylic acids is 1. The molecule has 166 valence electrons. The zero-order valence-electron chi connectivity index (χ0n) is 18.2. The number of ether oxygens (including phenoxy) is 1. The van der Waals surface area contributed by atoms with Crippen LogP contribution in [0.1, 0.15) is 65.2 Å². The van der Waals surface area contributed by atoms with Crippen LogP contribution in [0.4, 0.5) is 0 Å². The minimum absolute atomic E-state index is 0.00335. The maximum atomic E-state index is 12.9. The number of fused-ring (bicyclic) bond motifs is 5. The predicted octanol–water partition coefficient (Wildman–Crippen LogP) is 3.37. The second-order valence-electron chi connectivity index (χ2n) is 10.6. The number of ketones is 1. The van der Waals surface area contributed by atoms with E-state index in [1.54, 1.807) is 6.08 Å². The first-order chi connectivity index (χ1) is 14.1. The Balaban J connectivity index is 1.75. The summed E-state index contributed by atoms with van der Waals surface area (Å²) in [5.41, 5.74) is 0.548. The van der Waals surface area contributed by atoms with Gasteiger partial charge in [0.15, 0.2) is 5.78 Å². The Kier molecular flexibility index (Phi) is 5.36. The van der Waals surface area contributed by atoms with Crippen LogP contribution in [0, 0.1) is 40.4 Å². The Morgan fingerprint density at radius 2 is 2.00 bits per heavy atom. The predicted molar refractivity (Wildman–Crippen MR) is 109 cm³/mol. The molecule has 3 unspecified atom stereocenters. The highest BCUT2D eigenvalue weighted by molar-refractivity contribution is 5.92. The molecule has 0 heterocycles. The fraction of sp³-hybridized carbons (Fsp3) is 0.792. The molecule has 0 aliphatic heterocycles. The van der Waals surface area contributed by atoms with Gasteiger partial charge in [-0.1, -0.05) is 19.4 Å². The monoisotopic (exact) mass is 418 g/mol. The number of methoxy groups -OCH3 is 1. The third kappa shape index (κ3) is 3.14. The minimum Gasteiger partial charge on any atom is -0.481 e. The van der Waals surface area contributed by atoms with Gasteiger partial charge in [0.2, 0.25) is 0 Å². The molecule has 0 aromatic rings. The van der Waals surface area contributed by atoms with E-state index in [1.807, 2.05) is 0 Å². The summed E-state index contributed by atoms with van der Waals surface area (Å²) in [5.74, 6) is -0.874. The van der Waals surface area contributed by atoms with Crippen molar-refractivity contribution in [1.29, 1.82) is 0 Å². The van der Waals surface area contributed by atoms with Crippen molar-refractivity contribution in [3.05, 3.63) is 11.6 Å². The molecule has 0 spiro atoms. The van der Waals surface area contributed by atoms with Crippen LogP contribution in [0.3, 0.4) is 0 Å². The number of hydrogen-bond acceptors (Lipinski definition) is 5. The summed E-state index contributed by atoms with van der Waals surface area (Å²) >= 11 is 0.